The highest BCUT2D eigenvalue weighted by Gasteiger charge is 2.11. The SMILES string of the molecule is CNC(Cc1cccnc1)Cc1nccn1C. The number of aryl methyl sites for hydroxylation is 1. The molecule has 4 heteroatoms. The molecule has 0 aliphatic carbocycles. The lowest BCUT2D eigenvalue weighted by atomic mass is 10.0. The molecule has 90 valence electrons. The number of aromatic nitrogens is 3. The lowest BCUT2D eigenvalue weighted by molar-refractivity contribution is 0.533. The van der Waals surface area contributed by atoms with Gasteiger partial charge in [0.1, 0.15) is 5.82 Å². The van der Waals surface area contributed by atoms with Crippen molar-refractivity contribution in [1.29, 1.82) is 0 Å². The Bertz CT molecular complexity index is 449. The standard InChI is InChI=1S/C13H18N4/c1-14-12(8-11-4-3-5-15-10-11)9-13-16-6-7-17(13)2/h3-7,10,12,14H,8-9H2,1-2H3. The second-order valence-electron chi connectivity index (χ2n) is 4.21. The van der Waals surface area contributed by atoms with E-state index in [2.05, 4.69) is 25.9 Å². The van der Waals surface area contributed by atoms with E-state index in [1.54, 1.807) is 6.20 Å². The highest BCUT2D eigenvalue weighted by atomic mass is 15.0. The molecule has 4 nitrogen and oxygen atoms in total. The summed E-state index contributed by atoms with van der Waals surface area (Å²) >= 11 is 0. The highest BCUT2D eigenvalue weighted by Crippen LogP contribution is 2.06. The molecule has 0 aliphatic rings. The number of nitrogens with zero attached hydrogens (tertiary/aromatic N) is 3. The van der Waals surface area contributed by atoms with Crippen LogP contribution in [0, 0.1) is 0 Å². The first-order valence-corrected chi connectivity index (χ1v) is 5.82. The molecule has 2 heterocycles. The van der Waals surface area contributed by atoms with Crippen LogP contribution in [0.25, 0.3) is 0 Å². The van der Waals surface area contributed by atoms with Crippen LogP contribution in [0.5, 0.6) is 0 Å². The Hall–Kier alpha value is -1.68. The Morgan fingerprint density at radius 1 is 1.35 bits per heavy atom. The number of rotatable bonds is 5. The predicted octanol–water partition coefficient (Wildman–Crippen LogP) is 1.19. The summed E-state index contributed by atoms with van der Waals surface area (Å²) in [6.45, 7) is 0. The lowest BCUT2D eigenvalue weighted by Gasteiger charge is -2.15. The topological polar surface area (TPSA) is 42.7 Å². The van der Waals surface area contributed by atoms with E-state index in [-0.39, 0.29) is 0 Å². The van der Waals surface area contributed by atoms with Gasteiger partial charge in [-0.25, -0.2) is 4.98 Å². The van der Waals surface area contributed by atoms with Crippen molar-refractivity contribution in [2.75, 3.05) is 7.05 Å². The van der Waals surface area contributed by atoms with E-state index < -0.39 is 0 Å². The minimum atomic E-state index is 0.389. The van der Waals surface area contributed by atoms with Gasteiger partial charge < -0.3 is 9.88 Å². The van der Waals surface area contributed by atoms with E-state index in [4.69, 9.17) is 0 Å². The van der Waals surface area contributed by atoms with Gasteiger partial charge in [0.05, 0.1) is 0 Å². The van der Waals surface area contributed by atoms with Crippen molar-refractivity contribution in [2.24, 2.45) is 7.05 Å². The zero-order valence-corrected chi connectivity index (χ0v) is 10.3. The van der Waals surface area contributed by atoms with Gasteiger partial charge in [-0.1, -0.05) is 6.07 Å². The third kappa shape index (κ3) is 3.14. The Morgan fingerprint density at radius 3 is 2.82 bits per heavy atom. The summed E-state index contributed by atoms with van der Waals surface area (Å²) < 4.78 is 2.06. The number of imidazole rings is 1. The normalized spacial score (nSPS) is 12.6. The zero-order valence-electron chi connectivity index (χ0n) is 10.3. The average Bonchev–Trinajstić information content (AvgIpc) is 2.75. The maximum atomic E-state index is 4.35. The van der Waals surface area contributed by atoms with Crippen LogP contribution in [0.4, 0.5) is 0 Å². The van der Waals surface area contributed by atoms with Crippen LogP contribution in [-0.2, 0) is 19.9 Å². The number of pyridine rings is 1. The fraction of sp³-hybridized carbons (Fsp3) is 0.385. The van der Waals surface area contributed by atoms with Gasteiger partial charge in [-0.05, 0) is 25.1 Å². The fourth-order valence-electron chi connectivity index (χ4n) is 1.89. The summed E-state index contributed by atoms with van der Waals surface area (Å²) in [6, 6.07) is 4.47. The summed E-state index contributed by atoms with van der Waals surface area (Å²) in [7, 11) is 4.02. The van der Waals surface area contributed by atoms with E-state index >= 15 is 0 Å². The van der Waals surface area contributed by atoms with E-state index in [1.807, 2.05) is 38.8 Å². The molecule has 17 heavy (non-hydrogen) atoms. The van der Waals surface area contributed by atoms with Gasteiger partial charge >= 0.3 is 0 Å². The molecule has 0 aliphatic heterocycles. The van der Waals surface area contributed by atoms with Crippen LogP contribution in [0.2, 0.25) is 0 Å². The number of likely N-dealkylation sites (N-methyl/N-ethyl adjacent to an activating group) is 1. The molecule has 1 N–H and O–H groups in total. The zero-order chi connectivity index (χ0) is 12.1. The van der Waals surface area contributed by atoms with Crippen molar-refractivity contribution in [3.05, 3.63) is 48.3 Å². The molecule has 0 saturated heterocycles. The first-order chi connectivity index (χ1) is 8.29. The first kappa shape index (κ1) is 11.8. The maximum Gasteiger partial charge on any atom is 0.109 e. The highest BCUT2D eigenvalue weighted by molar-refractivity contribution is 5.11. The summed E-state index contributed by atoms with van der Waals surface area (Å²) in [5.41, 5.74) is 1.25. The van der Waals surface area contributed by atoms with Gasteiger partial charge in [0, 0.05) is 44.3 Å². The van der Waals surface area contributed by atoms with Crippen molar-refractivity contribution >= 4 is 0 Å². The monoisotopic (exact) mass is 230 g/mol. The molecule has 0 saturated carbocycles. The molecule has 0 spiro atoms. The van der Waals surface area contributed by atoms with E-state index in [9.17, 15) is 0 Å². The predicted molar refractivity (Wildman–Crippen MR) is 67.7 cm³/mol. The van der Waals surface area contributed by atoms with Crippen molar-refractivity contribution in [3.63, 3.8) is 0 Å². The van der Waals surface area contributed by atoms with Gasteiger partial charge in [-0.2, -0.15) is 0 Å². The molecule has 2 aromatic heterocycles. The maximum absolute atomic E-state index is 4.35. The van der Waals surface area contributed by atoms with Crippen LogP contribution in [0.3, 0.4) is 0 Å². The Morgan fingerprint density at radius 2 is 2.24 bits per heavy atom. The summed E-state index contributed by atoms with van der Waals surface area (Å²) in [6.07, 6.45) is 9.43. The first-order valence-electron chi connectivity index (χ1n) is 5.82. The number of nitrogens with one attached hydrogen (secondary N) is 1. The second-order valence-corrected chi connectivity index (χ2v) is 4.21. The van der Waals surface area contributed by atoms with Crippen LogP contribution >= 0.6 is 0 Å². The molecular formula is C13H18N4. The summed E-state index contributed by atoms with van der Waals surface area (Å²) in [4.78, 5) is 8.49. The molecular weight excluding hydrogens is 212 g/mol. The van der Waals surface area contributed by atoms with Crippen LogP contribution in [-0.4, -0.2) is 27.6 Å². The van der Waals surface area contributed by atoms with Crippen molar-refractivity contribution in [2.45, 2.75) is 18.9 Å². The van der Waals surface area contributed by atoms with Crippen LogP contribution in [0.15, 0.2) is 36.9 Å². The number of hydrogen-bond acceptors (Lipinski definition) is 3. The molecule has 0 amide bonds. The minimum absolute atomic E-state index is 0.389. The molecule has 0 bridgehead atoms. The second kappa shape index (κ2) is 5.59. The van der Waals surface area contributed by atoms with Gasteiger partial charge in [0.15, 0.2) is 0 Å². The van der Waals surface area contributed by atoms with Crippen molar-refractivity contribution in [1.82, 2.24) is 19.9 Å². The number of hydrogen-bond donors (Lipinski definition) is 1. The largest absolute Gasteiger partial charge is 0.338 e. The van der Waals surface area contributed by atoms with Gasteiger partial charge in [0.25, 0.3) is 0 Å². The smallest absolute Gasteiger partial charge is 0.109 e. The molecule has 2 aromatic rings. The van der Waals surface area contributed by atoms with Gasteiger partial charge in [0.2, 0.25) is 0 Å². The summed E-state index contributed by atoms with van der Waals surface area (Å²) in [5, 5.41) is 3.33. The quantitative estimate of drug-likeness (QED) is 0.839. The fourth-order valence-corrected chi connectivity index (χ4v) is 1.89. The van der Waals surface area contributed by atoms with E-state index in [0.717, 1.165) is 18.7 Å². The summed E-state index contributed by atoms with van der Waals surface area (Å²) in [5.74, 6) is 1.10. The van der Waals surface area contributed by atoms with Crippen LogP contribution in [0.1, 0.15) is 11.4 Å². The Balaban J connectivity index is 2.00. The van der Waals surface area contributed by atoms with Gasteiger partial charge in [-0.15, -0.1) is 0 Å². The molecule has 0 aromatic carbocycles. The molecule has 1 atom stereocenters. The van der Waals surface area contributed by atoms with Gasteiger partial charge in [-0.3, -0.25) is 4.98 Å². The Labute approximate surface area is 102 Å². The Kier molecular flexibility index (Phi) is 3.88. The molecule has 1 unspecified atom stereocenters. The van der Waals surface area contributed by atoms with Crippen LogP contribution < -0.4 is 5.32 Å². The third-order valence-corrected chi connectivity index (χ3v) is 2.96. The van der Waals surface area contributed by atoms with E-state index in [0.29, 0.717) is 6.04 Å². The molecule has 0 fully saturated rings. The van der Waals surface area contributed by atoms with Crippen molar-refractivity contribution in [3.8, 4) is 0 Å². The third-order valence-electron chi connectivity index (χ3n) is 2.96. The molecule has 2 rings (SSSR count). The van der Waals surface area contributed by atoms with E-state index in [1.165, 1.54) is 5.56 Å². The van der Waals surface area contributed by atoms with Crippen molar-refractivity contribution < 1.29 is 0 Å². The minimum Gasteiger partial charge on any atom is -0.338 e. The molecule has 0 radical (unpaired) electrons. The lowest BCUT2D eigenvalue weighted by Crippen LogP contribution is -2.31. The average molecular weight is 230 g/mol.